The van der Waals surface area contributed by atoms with Crippen molar-refractivity contribution in [3.8, 4) is 5.75 Å². The maximum Gasteiger partial charge on any atom is 0.412 e. The van der Waals surface area contributed by atoms with Gasteiger partial charge in [-0.05, 0) is 12.1 Å². The molecule has 1 aromatic rings. The van der Waals surface area contributed by atoms with E-state index in [1.54, 1.807) is 12.1 Å². The maximum absolute atomic E-state index is 10.8. The number of halogens is 1. The fourth-order valence-electron chi connectivity index (χ4n) is 0.729. The largest absolute Gasteiger partial charge is 0.412 e. The molecule has 0 radical (unpaired) electrons. The van der Waals surface area contributed by atoms with E-state index in [-0.39, 0.29) is 0 Å². The van der Waals surface area contributed by atoms with Crippen molar-refractivity contribution in [2.45, 2.75) is 0 Å². The lowest BCUT2D eigenvalue weighted by molar-refractivity contribution is 0.203. The van der Waals surface area contributed by atoms with Gasteiger partial charge in [0.25, 0.3) is 0 Å². The van der Waals surface area contributed by atoms with Gasteiger partial charge in [-0.1, -0.05) is 11.6 Å². The molecule has 0 fully saturated rings. The van der Waals surface area contributed by atoms with Gasteiger partial charge in [0.1, 0.15) is 5.75 Å². The van der Waals surface area contributed by atoms with Crippen LogP contribution in [0.4, 0.5) is 10.5 Å². The number of nitrogen functional groups attached to an aromatic ring is 1. The van der Waals surface area contributed by atoms with E-state index < -0.39 is 6.09 Å². The highest BCUT2D eigenvalue weighted by Crippen LogP contribution is 2.23. The van der Waals surface area contributed by atoms with E-state index in [9.17, 15) is 4.79 Å². The van der Waals surface area contributed by atoms with Gasteiger partial charge in [0, 0.05) is 13.1 Å². The van der Waals surface area contributed by atoms with E-state index in [1.165, 1.54) is 13.1 Å². The Morgan fingerprint density at radius 2 is 2.31 bits per heavy atom. The molecule has 0 saturated heterocycles. The molecule has 0 unspecified atom stereocenters. The molecule has 1 aromatic carbocycles. The molecule has 0 aliphatic rings. The molecule has 0 saturated carbocycles. The highest BCUT2D eigenvalue weighted by Gasteiger charge is 2.03. The second-order valence-corrected chi connectivity index (χ2v) is 2.73. The van der Waals surface area contributed by atoms with E-state index >= 15 is 0 Å². The summed E-state index contributed by atoms with van der Waals surface area (Å²) in [5.41, 5.74) is 5.91. The standard InChI is InChI=1S/C8H9ClN2O2/c1-11-8(12)13-5-2-3-7(10)6(9)4-5/h2-4H,10H2,1H3,(H,11,12). The Morgan fingerprint density at radius 3 is 2.85 bits per heavy atom. The number of hydrogen-bond donors (Lipinski definition) is 2. The monoisotopic (exact) mass is 200 g/mol. The number of amides is 1. The number of ether oxygens (including phenoxy) is 1. The summed E-state index contributed by atoms with van der Waals surface area (Å²) in [6.07, 6.45) is -0.541. The van der Waals surface area contributed by atoms with Crippen LogP contribution in [0, 0.1) is 0 Å². The minimum absolute atomic E-state index is 0.360. The average molecular weight is 201 g/mol. The van der Waals surface area contributed by atoms with Crippen LogP contribution in [0.5, 0.6) is 5.75 Å². The number of rotatable bonds is 1. The zero-order valence-electron chi connectivity index (χ0n) is 7.00. The number of anilines is 1. The van der Waals surface area contributed by atoms with Crippen molar-refractivity contribution in [3.63, 3.8) is 0 Å². The molecule has 0 atom stereocenters. The minimum atomic E-state index is -0.541. The second-order valence-electron chi connectivity index (χ2n) is 2.32. The maximum atomic E-state index is 10.8. The number of hydrogen-bond acceptors (Lipinski definition) is 3. The van der Waals surface area contributed by atoms with Crippen molar-refractivity contribution >= 4 is 23.4 Å². The van der Waals surface area contributed by atoms with Gasteiger partial charge in [0.2, 0.25) is 0 Å². The van der Waals surface area contributed by atoms with Gasteiger partial charge in [-0.2, -0.15) is 0 Å². The molecule has 0 spiro atoms. The molecule has 4 nitrogen and oxygen atoms in total. The number of nitrogens with two attached hydrogens (primary N) is 1. The second kappa shape index (κ2) is 4.00. The highest BCUT2D eigenvalue weighted by molar-refractivity contribution is 6.33. The summed E-state index contributed by atoms with van der Waals surface area (Å²) in [5, 5.41) is 2.67. The van der Waals surface area contributed by atoms with E-state index in [2.05, 4.69) is 5.32 Å². The van der Waals surface area contributed by atoms with Crippen molar-refractivity contribution in [3.05, 3.63) is 23.2 Å². The topological polar surface area (TPSA) is 64.3 Å². The van der Waals surface area contributed by atoms with Gasteiger partial charge in [0.05, 0.1) is 10.7 Å². The van der Waals surface area contributed by atoms with Crippen LogP contribution in [0.2, 0.25) is 5.02 Å². The van der Waals surface area contributed by atoms with Crippen molar-refractivity contribution in [1.29, 1.82) is 0 Å². The first-order chi connectivity index (χ1) is 6.13. The predicted octanol–water partition coefficient (Wildman–Crippen LogP) is 1.64. The van der Waals surface area contributed by atoms with E-state index in [4.69, 9.17) is 22.1 Å². The van der Waals surface area contributed by atoms with E-state index in [0.717, 1.165) is 0 Å². The Hall–Kier alpha value is -1.42. The van der Waals surface area contributed by atoms with E-state index in [0.29, 0.717) is 16.5 Å². The van der Waals surface area contributed by atoms with Crippen LogP contribution in [0.1, 0.15) is 0 Å². The molecule has 0 aliphatic heterocycles. The lowest BCUT2D eigenvalue weighted by atomic mass is 10.3. The number of nitrogens with one attached hydrogen (secondary N) is 1. The summed E-state index contributed by atoms with van der Waals surface area (Å²) in [6.45, 7) is 0. The van der Waals surface area contributed by atoms with Gasteiger partial charge in [-0.3, -0.25) is 0 Å². The van der Waals surface area contributed by atoms with Gasteiger partial charge >= 0.3 is 6.09 Å². The molecule has 0 heterocycles. The quantitative estimate of drug-likeness (QED) is 0.678. The first-order valence-corrected chi connectivity index (χ1v) is 3.96. The summed E-state index contributed by atoms with van der Waals surface area (Å²) in [4.78, 5) is 10.8. The highest BCUT2D eigenvalue weighted by atomic mass is 35.5. The third-order valence-corrected chi connectivity index (χ3v) is 1.71. The Kier molecular flexibility index (Phi) is 2.97. The number of carbonyl (C=O) groups is 1. The molecule has 70 valence electrons. The van der Waals surface area contributed by atoms with Crippen LogP contribution in [-0.4, -0.2) is 13.1 Å². The molecule has 13 heavy (non-hydrogen) atoms. The Balaban J connectivity index is 2.79. The van der Waals surface area contributed by atoms with Gasteiger partial charge in [-0.25, -0.2) is 4.79 Å². The van der Waals surface area contributed by atoms with Crippen LogP contribution < -0.4 is 15.8 Å². The van der Waals surface area contributed by atoms with Crippen LogP contribution in [-0.2, 0) is 0 Å². The third kappa shape index (κ3) is 2.52. The number of benzene rings is 1. The Bertz CT molecular complexity index is 328. The Morgan fingerprint density at radius 1 is 1.62 bits per heavy atom. The zero-order chi connectivity index (χ0) is 9.84. The summed E-state index contributed by atoms with van der Waals surface area (Å²) in [5.74, 6) is 0.360. The van der Waals surface area contributed by atoms with Gasteiger partial charge in [-0.15, -0.1) is 0 Å². The molecule has 1 rings (SSSR count). The molecule has 0 aromatic heterocycles. The molecule has 5 heteroatoms. The average Bonchev–Trinajstić information content (AvgIpc) is 2.11. The van der Waals surface area contributed by atoms with Crippen LogP contribution in [0.25, 0.3) is 0 Å². The van der Waals surface area contributed by atoms with Crippen LogP contribution >= 0.6 is 11.6 Å². The molecule has 0 bridgehead atoms. The van der Waals surface area contributed by atoms with Gasteiger partial charge < -0.3 is 15.8 Å². The van der Waals surface area contributed by atoms with Crippen molar-refractivity contribution in [1.82, 2.24) is 5.32 Å². The first kappa shape index (κ1) is 9.67. The summed E-state index contributed by atoms with van der Waals surface area (Å²) >= 11 is 5.70. The van der Waals surface area contributed by atoms with Crippen LogP contribution in [0.15, 0.2) is 18.2 Å². The summed E-state index contributed by atoms with van der Waals surface area (Å²) in [6, 6.07) is 4.61. The molecule has 1 amide bonds. The van der Waals surface area contributed by atoms with Gasteiger partial charge in [0.15, 0.2) is 0 Å². The minimum Gasteiger partial charge on any atom is -0.410 e. The Labute approximate surface area is 80.6 Å². The number of carbonyl (C=O) groups excluding carboxylic acids is 1. The van der Waals surface area contributed by atoms with Crippen molar-refractivity contribution < 1.29 is 9.53 Å². The first-order valence-electron chi connectivity index (χ1n) is 3.58. The predicted molar refractivity (Wildman–Crippen MR) is 50.9 cm³/mol. The molecule has 0 aliphatic carbocycles. The fraction of sp³-hybridized carbons (Fsp3) is 0.125. The smallest absolute Gasteiger partial charge is 0.410 e. The van der Waals surface area contributed by atoms with E-state index in [1.807, 2.05) is 0 Å². The van der Waals surface area contributed by atoms with Crippen LogP contribution in [0.3, 0.4) is 0 Å². The summed E-state index contributed by atoms with van der Waals surface area (Å²) in [7, 11) is 1.47. The summed E-state index contributed by atoms with van der Waals surface area (Å²) < 4.78 is 4.81. The zero-order valence-corrected chi connectivity index (χ0v) is 7.76. The lowest BCUT2D eigenvalue weighted by Gasteiger charge is -2.04. The SMILES string of the molecule is CNC(=O)Oc1ccc(N)c(Cl)c1. The lowest BCUT2D eigenvalue weighted by Crippen LogP contribution is -2.21. The van der Waals surface area contributed by atoms with Crippen molar-refractivity contribution in [2.75, 3.05) is 12.8 Å². The molecular weight excluding hydrogens is 192 g/mol. The third-order valence-electron chi connectivity index (χ3n) is 1.39. The normalized spacial score (nSPS) is 9.38. The van der Waals surface area contributed by atoms with Crippen molar-refractivity contribution in [2.24, 2.45) is 0 Å². The fourth-order valence-corrected chi connectivity index (χ4v) is 0.900. The molecular formula is C8H9ClN2O2. The molecule has 3 N–H and O–H groups in total.